The number of fused-ring (bicyclic) bond motifs is 1. The molecule has 25 heavy (non-hydrogen) atoms. The monoisotopic (exact) mass is 359 g/mol. The van der Waals surface area contributed by atoms with Crippen LogP contribution in [0.1, 0.15) is 0 Å². The van der Waals surface area contributed by atoms with Crippen molar-refractivity contribution in [2.75, 3.05) is 24.3 Å². The summed E-state index contributed by atoms with van der Waals surface area (Å²) in [7, 11) is 0.490. The fourth-order valence-corrected chi connectivity index (χ4v) is 2.83. The van der Waals surface area contributed by atoms with Crippen LogP contribution in [-0.4, -0.2) is 27.6 Å². The van der Waals surface area contributed by atoms with Gasteiger partial charge in [-0.25, -0.2) is 8.42 Å². The summed E-state index contributed by atoms with van der Waals surface area (Å²) in [5, 5.41) is 4.18. The number of methoxy groups -OCH3 is 2. The van der Waals surface area contributed by atoms with Crippen molar-refractivity contribution < 1.29 is 17.9 Å². The van der Waals surface area contributed by atoms with Gasteiger partial charge in [-0.15, -0.1) is 0 Å². The zero-order valence-electron chi connectivity index (χ0n) is 13.6. The predicted octanol–water partition coefficient (Wildman–Crippen LogP) is 2.93. The van der Waals surface area contributed by atoms with Crippen molar-refractivity contribution in [3.05, 3.63) is 48.7 Å². The molecule has 0 unspecified atom stereocenters. The molecule has 130 valence electrons. The Labute approximate surface area is 146 Å². The molecule has 0 amide bonds. The highest BCUT2D eigenvalue weighted by Crippen LogP contribution is 2.35. The molecule has 0 spiro atoms. The van der Waals surface area contributed by atoms with Crippen molar-refractivity contribution in [1.82, 2.24) is 4.98 Å². The van der Waals surface area contributed by atoms with Gasteiger partial charge in [0.15, 0.2) is 11.5 Å². The third-order valence-corrected chi connectivity index (χ3v) is 4.07. The first-order valence-electron chi connectivity index (χ1n) is 7.39. The van der Waals surface area contributed by atoms with Gasteiger partial charge in [0.25, 0.3) is 0 Å². The second-order valence-corrected chi connectivity index (χ2v) is 5.89. The zero-order chi connectivity index (χ0) is 17.8. The number of ether oxygens (including phenoxy) is 2. The average molecular weight is 359 g/mol. The summed E-state index contributed by atoms with van der Waals surface area (Å²) in [6, 6.07) is 12.5. The molecule has 2 aromatic carbocycles. The van der Waals surface area contributed by atoms with Crippen LogP contribution >= 0.6 is 0 Å². The Morgan fingerprint density at radius 3 is 2.20 bits per heavy atom. The number of thiol groups is 1. The molecule has 0 atom stereocenters. The Morgan fingerprint density at radius 2 is 1.56 bits per heavy atom. The van der Waals surface area contributed by atoms with Gasteiger partial charge in [-0.3, -0.25) is 9.71 Å². The minimum absolute atomic E-state index is 0.507. The van der Waals surface area contributed by atoms with Crippen LogP contribution in [0.15, 0.2) is 48.7 Å². The molecule has 0 aliphatic heterocycles. The number of benzene rings is 2. The van der Waals surface area contributed by atoms with Gasteiger partial charge >= 0.3 is 0 Å². The van der Waals surface area contributed by atoms with E-state index in [0.717, 1.165) is 22.3 Å². The molecule has 0 bridgehead atoms. The van der Waals surface area contributed by atoms with Gasteiger partial charge < -0.3 is 14.8 Å². The highest BCUT2D eigenvalue weighted by atomic mass is 32.2. The number of rotatable bonds is 6. The lowest BCUT2D eigenvalue weighted by Gasteiger charge is -2.13. The number of nitrogens with one attached hydrogen (secondary N) is 2. The molecule has 0 saturated carbocycles. The van der Waals surface area contributed by atoms with Crippen LogP contribution in [0.4, 0.5) is 17.1 Å². The minimum atomic E-state index is -2.67. The first-order chi connectivity index (χ1) is 12.1. The number of anilines is 3. The molecule has 3 rings (SSSR count). The van der Waals surface area contributed by atoms with Crippen LogP contribution in [0, 0.1) is 0 Å². The first kappa shape index (κ1) is 16.8. The van der Waals surface area contributed by atoms with Gasteiger partial charge in [0.05, 0.1) is 19.7 Å². The lowest BCUT2D eigenvalue weighted by atomic mass is 10.1. The van der Waals surface area contributed by atoms with Gasteiger partial charge in [0.2, 0.25) is 10.9 Å². The van der Waals surface area contributed by atoms with E-state index in [0.29, 0.717) is 17.2 Å². The second kappa shape index (κ2) is 7.27. The van der Waals surface area contributed by atoms with E-state index in [4.69, 9.17) is 9.47 Å². The number of hydrogen-bond acceptors (Lipinski definition) is 6. The van der Waals surface area contributed by atoms with E-state index >= 15 is 0 Å². The van der Waals surface area contributed by atoms with E-state index in [1.54, 1.807) is 44.7 Å². The lowest BCUT2D eigenvalue weighted by Crippen LogP contribution is -1.97. The molecule has 2 N–H and O–H groups in total. The highest BCUT2D eigenvalue weighted by molar-refractivity contribution is 7.73. The van der Waals surface area contributed by atoms with Crippen molar-refractivity contribution in [3.63, 3.8) is 0 Å². The standard InChI is InChI=1S/C17H17N3O4S/c1-23-16-9-13-14(7-8-18-15(13)10-17(16)24-2)19-11-3-5-12(6-4-11)20-25(21)22/h3-10,25H,1-2H3,(H,18,19)(H,20,21,22). The van der Waals surface area contributed by atoms with E-state index in [1.165, 1.54) is 0 Å². The van der Waals surface area contributed by atoms with Gasteiger partial charge in [0.1, 0.15) is 0 Å². The molecular weight excluding hydrogens is 342 g/mol. The third-order valence-electron chi connectivity index (χ3n) is 3.63. The number of hydrogen-bond donors (Lipinski definition) is 3. The van der Waals surface area contributed by atoms with Crippen LogP contribution in [0.25, 0.3) is 10.9 Å². The predicted molar refractivity (Wildman–Crippen MR) is 98.5 cm³/mol. The van der Waals surface area contributed by atoms with Crippen LogP contribution in [0.2, 0.25) is 0 Å². The molecular formula is C17H17N3O4S. The Kier molecular flexibility index (Phi) is 4.90. The van der Waals surface area contributed by atoms with Crippen LogP contribution in [0.5, 0.6) is 11.5 Å². The summed E-state index contributed by atoms with van der Waals surface area (Å²) in [5.41, 5.74) is 2.94. The highest BCUT2D eigenvalue weighted by Gasteiger charge is 2.10. The maximum Gasteiger partial charge on any atom is 0.222 e. The second-order valence-electron chi connectivity index (χ2n) is 5.15. The fraction of sp³-hybridized carbons (Fsp3) is 0.118. The van der Waals surface area contributed by atoms with Crippen molar-refractivity contribution >= 4 is 38.9 Å². The molecule has 0 fully saturated rings. The van der Waals surface area contributed by atoms with Crippen LogP contribution in [-0.2, 0) is 10.9 Å². The summed E-state index contributed by atoms with van der Waals surface area (Å²) in [6.07, 6.45) is 1.70. The molecule has 8 heteroatoms. The van der Waals surface area contributed by atoms with Crippen LogP contribution in [0.3, 0.4) is 0 Å². The largest absolute Gasteiger partial charge is 0.493 e. The summed E-state index contributed by atoms with van der Waals surface area (Å²) < 4.78 is 34.4. The Bertz CT molecular complexity index is 964. The minimum Gasteiger partial charge on any atom is -0.493 e. The van der Waals surface area contributed by atoms with Crippen molar-refractivity contribution in [2.24, 2.45) is 0 Å². The summed E-state index contributed by atoms with van der Waals surface area (Å²) >= 11 is 0. The quantitative estimate of drug-likeness (QED) is 0.587. The fourth-order valence-electron chi connectivity index (χ4n) is 2.47. The smallest absolute Gasteiger partial charge is 0.222 e. The first-order valence-corrected chi connectivity index (χ1v) is 8.57. The van der Waals surface area contributed by atoms with E-state index < -0.39 is 10.9 Å². The number of nitrogens with zero attached hydrogens (tertiary/aromatic N) is 1. The van der Waals surface area contributed by atoms with Crippen molar-refractivity contribution in [2.45, 2.75) is 0 Å². The van der Waals surface area contributed by atoms with Crippen molar-refractivity contribution in [1.29, 1.82) is 0 Å². The van der Waals surface area contributed by atoms with E-state index in [2.05, 4.69) is 15.0 Å². The Balaban J connectivity index is 1.95. The van der Waals surface area contributed by atoms with Crippen molar-refractivity contribution in [3.8, 4) is 11.5 Å². The summed E-state index contributed by atoms with van der Waals surface area (Å²) in [4.78, 5) is 4.36. The Morgan fingerprint density at radius 1 is 0.920 bits per heavy atom. The van der Waals surface area contributed by atoms with Gasteiger partial charge in [-0.05, 0) is 36.4 Å². The molecule has 1 heterocycles. The van der Waals surface area contributed by atoms with Gasteiger partial charge in [-0.2, -0.15) is 0 Å². The molecule has 1 aromatic heterocycles. The zero-order valence-corrected chi connectivity index (χ0v) is 14.5. The average Bonchev–Trinajstić information content (AvgIpc) is 2.62. The molecule has 0 radical (unpaired) electrons. The maximum atomic E-state index is 10.7. The maximum absolute atomic E-state index is 10.7. The van der Waals surface area contributed by atoms with E-state index in [1.807, 2.05) is 18.2 Å². The summed E-state index contributed by atoms with van der Waals surface area (Å²) in [5.74, 6) is 1.23. The molecule has 3 aromatic rings. The summed E-state index contributed by atoms with van der Waals surface area (Å²) in [6.45, 7) is 0. The third kappa shape index (κ3) is 3.74. The molecule has 0 saturated heterocycles. The van der Waals surface area contributed by atoms with E-state index in [9.17, 15) is 8.42 Å². The number of aromatic nitrogens is 1. The van der Waals surface area contributed by atoms with Gasteiger partial charge in [0, 0.05) is 34.7 Å². The van der Waals surface area contributed by atoms with Gasteiger partial charge in [-0.1, -0.05) is 0 Å². The normalized spacial score (nSPS) is 10.7. The van der Waals surface area contributed by atoms with E-state index in [-0.39, 0.29) is 0 Å². The Hall–Kier alpha value is -3.00. The topological polar surface area (TPSA) is 89.5 Å². The molecule has 0 aliphatic rings. The molecule has 0 aliphatic carbocycles. The molecule has 7 nitrogen and oxygen atoms in total. The van der Waals surface area contributed by atoms with Crippen LogP contribution < -0.4 is 19.5 Å². The lowest BCUT2D eigenvalue weighted by molar-refractivity contribution is 0.356. The number of pyridine rings is 1. The SMILES string of the molecule is COc1cc2nccc(Nc3ccc(N[SH](=O)=O)cc3)c2cc1OC.